The number of aromatic nitrogens is 7. The maximum Gasteiger partial charge on any atom is 0.138 e. The number of nitrogens with one attached hydrogen (secondary N) is 2. The highest BCUT2D eigenvalue weighted by molar-refractivity contribution is 5.98. The minimum absolute atomic E-state index is 0.771. The molecule has 37 heavy (non-hydrogen) atoms. The second kappa shape index (κ2) is 9.22. The summed E-state index contributed by atoms with van der Waals surface area (Å²) in [7, 11) is 0. The van der Waals surface area contributed by atoms with E-state index in [9.17, 15) is 0 Å². The molecule has 0 saturated carbocycles. The zero-order chi connectivity index (χ0) is 24.6. The van der Waals surface area contributed by atoms with Crippen molar-refractivity contribution in [1.29, 1.82) is 0 Å². The Morgan fingerprint density at radius 3 is 2.62 bits per heavy atom. The molecule has 0 radical (unpaired) electrons. The van der Waals surface area contributed by atoms with Gasteiger partial charge in [-0.25, -0.2) is 9.97 Å². The van der Waals surface area contributed by atoms with Crippen molar-refractivity contribution in [3.05, 3.63) is 79.0 Å². The van der Waals surface area contributed by atoms with Gasteiger partial charge in [0.1, 0.15) is 16.9 Å². The molecule has 7 rings (SSSR count). The van der Waals surface area contributed by atoms with Crippen molar-refractivity contribution in [2.75, 3.05) is 13.1 Å². The molecule has 0 amide bonds. The van der Waals surface area contributed by atoms with E-state index in [4.69, 9.17) is 4.98 Å². The fourth-order valence-corrected chi connectivity index (χ4v) is 5.28. The van der Waals surface area contributed by atoms with Gasteiger partial charge in [0.15, 0.2) is 0 Å². The highest BCUT2D eigenvalue weighted by Crippen LogP contribution is 2.33. The van der Waals surface area contributed by atoms with Crippen molar-refractivity contribution in [3.63, 3.8) is 0 Å². The van der Waals surface area contributed by atoms with Crippen LogP contribution in [0.3, 0.4) is 0 Å². The quantitative estimate of drug-likeness (QED) is 0.329. The maximum absolute atomic E-state index is 5.02. The van der Waals surface area contributed by atoms with Gasteiger partial charge >= 0.3 is 0 Å². The Kier molecular flexibility index (Phi) is 5.44. The number of likely N-dealkylation sites (tertiary alicyclic amines) is 1. The minimum atomic E-state index is 0.771. The van der Waals surface area contributed by atoms with Crippen LogP contribution in [0.5, 0.6) is 0 Å². The van der Waals surface area contributed by atoms with E-state index in [0.717, 1.165) is 75.5 Å². The summed E-state index contributed by atoms with van der Waals surface area (Å²) in [4.78, 5) is 24.2. The minimum Gasteiger partial charge on any atom is -0.338 e. The van der Waals surface area contributed by atoms with Crippen molar-refractivity contribution < 1.29 is 0 Å². The fraction of sp³-hybridized carbons (Fsp3) is 0.207. The molecule has 7 heterocycles. The van der Waals surface area contributed by atoms with E-state index in [2.05, 4.69) is 47.2 Å². The molecule has 0 aromatic carbocycles. The summed E-state index contributed by atoms with van der Waals surface area (Å²) < 4.78 is 0. The molecule has 6 aromatic heterocycles. The summed E-state index contributed by atoms with van der Waals surface area (Å²) >= 11 is 0. The summed E-state index contributed by atoms with van der Waals surface area (Å²) in [6.45, 7) is 3.26. The topological polar surface area (TPSA) is 99.3 Å². The Bertz CT molecular complexity index is 1700. The highest BCUT2D eigenvalue weighted by atomic mass is 15.1. The van der Waals surface area contributed by atoms with Gasteiger partial charge in [-0.1, -0.05) is 6.42 Å². The Morgan fingerprint density at radius 1 is 0.838 bits per heavy atom. The number of hydrogen-bond donors (Lipinski definition) is 2. The molecule has 1 saturated heterocycles. The predicted octanol–water partition coefficient (Wildman–Crippen LogP) is 5.61. The Hall–Kier alpha value is -4.43. The largest absolute Gasteiger partial charge is 0.338 e. The number of H-pyrrole nitrogens is 2. The molecule has 1 aliphatic rings. The number of rotatable bonds is 5. The highest BCUT2D eigenvalue weighted by Gasteiger charge is 2.17. The van der Waals surface area contributed by atoms with Gasteiger partial charge in [0.2, 0.25) is 0 Å². The molecule has 1 aliphatic heterocycles. The fourth-order valence-electron chi connectivity index (χ4n) is 5.28. The third-order valence-corrected chi connectivity index (χ3v) is 7.13. The molecule has 0 spiro atoms. The maximum atomic E-state index is 5.02. The van der Waals surface area contributed by atoms with Crippen LogP contribution in [0.2, 0.25) is 0 Å². The lowest BCUT2D eigenvalue weighted by Crippen LogP contribution is -2.29. The van der Waals surface area contributed by atoms with Crippen LogP contribution in [0.1, 0.15) is 24.8 Å². The van der Waals surface area contributed by atoms with Crippen LogP contribution in [0.25, 0.3) is 55.8 Å². The number of aromatic amines is 2. The van der Waals surface area contributed by atoms with Crippen LogP contribution in [-0.4, -0.2) is 53.1 Å². The Balaban J connectivity index is 1.26. The van der Waals surface area contributed by atoms with Crippen LogP contribution < -0.4 is 0 Å². The normalized spacial score (nSPS) is 14.5. The molecule has 0 atom stereocenters. The summed E-state index contributed by atoms with van der Waals surface area (Å²) in [5.41, 5.74) is 9.47. The lowest BCUT2D eigenvalue weighted by molar-refractivity contribution is 0.220. The lowest BCUT2D eigenvalue weighted by atomic mass is 10.1. The lowest BCUT2D eigenvalue weighted by Gasteiger charge is -2.26. The van der Waals surface area contributed by atoms with Crippen molar-refractivity contribution in [2.45, 2.75) is 25.8 Å². The molecule has 182 valence electrons. The average Bonchev–Trinajstić information content (AvgIpc) is 3.58. The standard InChI is InChI=1S/C29H26N8/c1-2-12-37(13-3-1)18-19-14-21(17-31-16-19)24-4-5-25-27(33-24)28(36-35-25)26-15-23-22(8-11-32-29(23)34-26)20-6-9-30-10-7-20/h4-11,14-17H,1-3,12-13,18H2,(H,32,34)(H,35,36). The van der Waals surface area contributed by atoms with Crippen LogP contribution in [-0.2, 0) is 6.54 Å². The van der Waals surface area contributed by atoms with Gasteiger partial charge in [-0.15, -0.1) is 0 Å². The van der Waals surface area contributed by atoms with Crippen molar-refractivity contribution >= 4 is 22.1 Å². The molecule has 2 N–H and O–H groups in total. The first-order chi connectivity index (χ1) is 18.3. The molecule has 0 unspecified atom stereocenters. The van der Waals surface area contributed by atoms with E-state index < -0.39 is 0 Å². The van der Waals surface area contributed by atoms with E-state index in [1.807, 2.05) is 48.9 Å². The van der Waals surface area contributed by atoms with E-state index in [1.165, 1.54) is 24.8 Å². The number of hydrogen-bond acceptors (Lipinski definition) is 6. The number of piperidine rings is 1. The zero-order valence-electron chi connectivity index (χ0n) is 20.4. The third-order valence-electron chi connectivity index (χ3n) is 7.13. The molecule has 0 aliphatic carbocycles. The van der Waals surface area contributed by atoms with Gasteiger partial charge in [-0.05, 0) is 85.1 Å². The van der Waals surface area contributed by atoms with Crippen molar-refractivity contribution in [3.8, 4) is 33.8 Å². The molecule has 1 fully saturated rings. The van der Waals surface area contributed by atoms with Crippen molar-refractivity contribution in [1.82, 2.24) is 40.0 Å². The average molecular weight is 487 g/mol. The van der Waals surface area contributed by atoms with Gasteiger partial charge in [0.05, 0.1) is 16.9 Å². The first kappa shape index (κ1) is 21.8. The first-order valence-corrected chi connectivity index (χ1v) is 12.7. The summed E-state index contributed by atoms with van der Waals surface area (Å²) in [5.74, 6) is 0. The summed E-state index contributed by atoms with van der Waals surface area (Å²) in [5, 5.41) is 8.79. The first-order valence-electron chi connectivity index (χ1n) is 12.7. The number of nitrogens with zero attached hydrogens (tertiary/aromatic N) is 6. The molecule has 8 heteroatoms. The number of fused-ring (bicyclic) bond motifs is 2. The second-order valence-corrected chi connectivity index (χ2v) is 9.62. The van der Waals surface area contributed by atoms with Crippen LogP contribution >= 0.6 is 0 Å². The third kappa shape index (κ3) is 4.15. The Morgan fingerprint density at radius 2 is 1.73 bits per heavy atom. The molecular weight excluding hydrogens is 460 g/mol. The van der Waals surface area contributed by atoms with Gasteiger partial charge in [-0.2, -0.15) is 5.10 Å². The molecule has 0 bridgehead atoms. The smallest absolute Gasteiger partial charge is 0.138 e. The molecular formula is C29H26N8. The molecule has 8 nitrogen and oxygen atoms in total. The van der Waals surface area contributed by atoms with Crippen molar-refractivity contribution in [2.24, 2.45) is 0 Å². The van der Waals surface area contributed by atoms with Crippen LogP contribution in [0, 0.1) is 0 Å². The SMILES string of the molecule is c1cc(-c2ccnc3[nH]c(-c4n[nH]c5ccc(-c6cncc(CN7CCCCC7)c6)nc45)cc23)ccn1. The van der Waals surface area contributed by atoms with Gasteiger partial charge < -0.3 is 4.98 Å². The molecule has 6 aromatic rings. The monoisotopic (exact) mass is 486 g/mol. The van der Waals surface area contributed by atoms with E-state index >= 15 is 0 Å². The summed E-state index contributed by atoms with van der Waals surface area (Å²) in [6.07, 6.45) is 13.2. The van der Waals surface area contributed by atoms with Gasteiger partial charge in [0, 0.05) is 48.5 Å². The summed E-state index contributed by atoms with van der Waals surface area (Å²) in [6, 6.07) is 14.4. The van der Waals surface area contributed by atoms with Crippen LogP contribution in [0.15, 0.2) is 73.4 Å². The van der Waals surface area contributed by atoms with Crippen LogP contribution in [0.4, 0.5) is 0 Å². The van der Waals surface area contributed by atoms with Gasteiger partial charge in [-0.3, -0.25) is 20.0 Å². The zero-order valence-corrected chi connectivity index (χ0v) is 20.4. The Labute approximate surface area is 213 Å². The predicted molar refractivity (Wildman–Crippen MR) is 145 cm³/mol. The second-order valence-electron chi connectivity index (χ2n) is 9.62. The number of pyridine rings is 4. The van der Waals surface area contributed by atoms with E-state index in [-0.39, 0.29) is 0 Å². The van der Waals surface area contributed by atoms with E-state index in [0.29, 0.717) is 0 Å². The van der Waals surface area contributed by atoms with E-state index in [1.54, 1.807) is 12.4 Å². The van der Waals surface area contributed by atoms with Gasteiger partial charge in [0.25, 0.3) is 0 Å².